The van der Waals surface area contributed by atoms with E-state index >= 15 is 0 Å². The Morgan fingerprint density at radius 3 is 1.69 bits per heavy atom. The van der Waals surface area contributed by atoms with E-state index in [0.717, 1.165) is 4.90 Å². The van der Waals surface area contributed by atoms with Crippen molar-refractivity contribution in [3.63, 3.8) is 0 Å². The van der Waals surface area contributed by atoms with Gasteiger partial charge >= 0.3 is 0 Å². The van der Waals surface area contributed by atoms with Crippen LogP contribution in [0.4, 0.5) is 5.69 Å². The van der Waals surface area contributed by atoms with Gasteiger partial charge in [0.2, 0.25) is 0 Å². The lowest BCUT2D eigenvalue weighted by Gasteiger charge is -2.15. The zero-order chi connectivity index (χ0) is 28.8. The minimum Gasteiger partial charge on any atom is -0.457 e. The fourth-order valence-corrected chi connectivity index (χ4v) is 5.03. The molecule has 0 unspecified atom stereocenters. The van der Waals surface area contributed by atoms with Gasteiger partial charge in [-0.2, -0.15) is 0 Å². The lowest BCUT2D eigenvalue weighted by molar-refractivity contribution is 0.0874. The average molecular weight is 553 g/mol. The second-order valence-corrected chi connectivity index (χ2v) is 9.74. The van der Waals surface area contributed by atoms with Gasteiger partial charge in [-0.1, -0.05) is 36.4 Å². The zero-order valence-electron chi connectivity index (χ0n) is 21.9. The third kappa shape index (κ3) is 4.37. The third-order valence-electron chi connectivity index (χ3n) is 7.07. The lowest BCUT2D eigenvalue weighted by Crippen LogP contribution is -2.29. The van der Waals surface area contributed by atoms with E-state index in [4.69, 9.17) is 9.47 Å². The van der Waals surface area contributed by atoms with Crippen LogP contribution >= 0.6 is 0 Å². The molecule has 0 aliphatic carbocycles. The zero-order valence-corrected chi connectivity index (χ0v) is 21.9. The van der Waals surface area contributed by atoms with Gasteiger partial charge in [0.15, 0.2) is 0 Å². The quantitative estimate of drug-likeness (QED) is 0.238. The smallest absolute Gasteiger partial charge is 0.266 e. The van der Waals surface area contributed by atoms with Crippen LogP contribution in [-0.4, -0.2) is 23.6 Å². The summed E-state index contributed by atoms with van der Waals surface area (Å²) < 4.78 is 11.9. The van der Waals surface area contributed by atoms with Crippen molar-refractivity contribution >= 4 is 29.3 Å². The van der Waals surface area contributed by atoms with Gasteiger partial charge in [0.25, 0.3) is 23.6 Å². The molecule has 0 radical (unpaired) electrons. The van der Waals surface area contributed by atoms with Gasteiger partial charge in [0.1, 0.15) is 23.0 Å². The molecule has 0 fully saturated rings. The predicted octanol–water partition coefficient (Wildman–Crippen LogP) is 6.62. The summed E-state index contributed by atoms with van der Waals surface area (Å²) in [5.74, 6) is 0.641. The number of amides is 4. The number of nitrogens with one attached hydrogen (secondary N) is 1. The highest BCUT2D eigenvalue weighted by Gasteiger charge is 2.37. The maximum Gasteiger partial charge on any atom is 0.266 e. The molecule has 8 heteroatoms. The highest BCUT2D eigenvalue weighted by Crippen LogP contribution is 2.34. The van der Waals surface area contributed by atoms with E-state index in [0.29, 0.717) is 45.4 Å². The van der Waals surface area contributed by atoms with Crippen LogP contribution in [0.5, 0.6) is 23.0 Å². The van der Waals surface area contributed by atoms with Crippen LogP contribution in [0.1, 0.15) is 41.4 Å². The first-order chi connectivity index (χ1) is 20.4. The molecule has 0 bridgehead atoms. The predicted molar refractivity (Wildman–Crippen MR) is 154 cm³/mol. The molecule has 202 valence electrons. The molecule has 5 aromatic rings. The van der Waals surface area contributed by atoms with Gasteiger partial charge in [-0.25, -0.2) is 4.90 Å². The van der Waals surface area contributed by atoms with Crippen LogP contribution in [0, 0.1) is 0 Å². The van der Waals surface area contributed by atoms with Crippen LogP contribution in [0.3, 0.4) is 0 Å². The Kier molecular flexibility index (Phi) is 5.87. The monoisotopic (exact) mass is 552 g/mol. The molecule has 0 atom stereocenters. The van der Waals surface area contributed by atoms with Crippen molar-refractivity contribution in [2.24, 2.45) is 0 Å². The van der Waals surface area contributed by atoms with Gasteiger partial charge < -0.3 is 9.47 Å². The maximum atomic E-state index is 13.4. The van der Waals surface area contributed by atoms with Crippen molar-refractivity contribution < 1.29 is 28.7 Å². The second kappa shape index (κ2) is 9.87. The molecule has 5 aromatic carbocycles. The summed E-state index contributed by atoms with van der Waals surface area (Å²) in [4.78, 5) is 51.7. The first-order valence-electron chi connectivity index (χ1n) is 13.1. The minimum absolute atomic E-state index is 0.258. The minimum atomic E-state index is -0.462. The summed E-state index contributed by atoms with van der Waals surface area (Å²) in [7, 11) is 0. The van der Waals surface area contributed by atoms with E-state index in [2.05, 4.69) is 5.32 Å². The SMILES string of the molecule is O=C1NC(=O)c2cc(-c3ccc4c(c3)C(=O)N(c3ccc(Oc5cccc(Oc6ccccc6)c5)cc3)C4=O)ccc21. The molecular weight excluding hydrogens is 532 g/mol. The number of anilines is 1. The van der Waals surface area contributed by atoms with Crippen molar-refractivity contribution in [1.29, 1.82) is 0 Å². The number of carbonyl (C=O) groups is 4. The number of fused-ring (bicyclic) bond motifs is 2. The number of ether oxygens (including phenoxy) is 2. The van der Waals surface area contributed by atoms with Gasteiger partial charge in [0.05, 0.1) is 27.9 Å². The van der Waals surface area contributed by atoms with E-state index in [-0.39, 0.29) is 16.7 Å². The molecule has 8 nitrogen and oxygen atoms in total. The van der Waals surface area contributed by atoms with Crippen molar-refractivity contribution in [3.8, 4) is 34.1 Å². The highest BCUT2D eigenvalue weighted by atomic mass is 16.5. The van der Waals surface area contributed by atoms with Gasteiger partial charge in [-0.05, 0) is 83.9 Å². The Hall–Kier alpha value is -6.02. The Balaban J connectivity index is 1.09. The number of rotatable bonds is 6. The average Bonchev–Trinajstić information content (AvgIpc) is 3.44. The van der Waals surface area contributed by atoms with Gasteiger partial charge in [0, 0.05) is 6.07 Å². The topological polar surface area (TPSA) is 102 Å². The molecule has 0 saturated heterocycles. The summed E-state index contributed by atoms with van der Waals surface area (Å²) in [6.45, 7) is 0. The van der Waals surface area contributed by atoms with Crippen molar-refractivity contribution in [2.45, 2.75) is 0 Å². The molecule has 0 aromatic heterocycles. The first-order valence-corrected chi connectivity index (χ1v) is 13.1. The summed E-state index contributed by atoms with van der Waals surface area (Å²) in [5, 5.41) is 2.27. The second-order valence-electron chi connectivity index (χ2n) is 9.74. The summed E-state index contributed by atoms with van der Waals surface area (Å²) in [6.07, 6.45) is 0. The number of hydrogen-bond donors (Lipinski definition) is 1. The van der Waals surface area contributed by atoms with Gasteiger partial charge in [-0.3, -0.25) is 24.5 Å². The Bertz CT molecular complexity index is 1930. The Labute approximate surface area is 239 Å². The molecule has 1 N–H and O–H groups in total. The summed E-state index contributed by atoms with van der Waals surface area (Å²) >= 11 is 0. The molecule has 2 aliphatic rings. The fraction of sp³-hybridized carbons (Fsp3) is 0. The Morgan fingerprint density at radius 1 is 0.452 bits per heavy atom. The van der Waals surface area contributed by atoms with Crippen LogP contribution < -0.4 is 19.7 Å². The maximum absolute atomic E-state index is 13.4. The molecule has 0 saturated carbocycles. The Morgan fingerprint density at radius 2 is 1.00 bits per heavy atom. The number of nitrogens with zero attached hydrogens (tertiary/aromatic N) is 1. The van der Waals surface area contributed by atoms with Crippen LogP contribution in [0.15, 0.2) is 115 Å². The lowest BCUT2D eigenvalue weighted by atomic mass is 9.97. The van der Waals surface area contributed by atoms with E-state index < -0.39 is 23.6 Å². The third-order valence-corrected chi connectivity index (χ3v) is 7.07. The number of para-hydroxylation sites is 1. The summed E-state index contributed by atoms with van der Waals surface area (Å²) in [5.41, 5.74) is 2.84. The fourth-order valence-electron chi connectivity index (χ4n) is 5.03. The molecule has 4 amide bonds. The van der Waals surface area contributed by atoms with Crippen molar-refractivity contribution in [2.75, 3.05) is 4.90 Å². The van der Waals surface area contributed by atoms with E-state index in [1.54, 1.807) is 72.8 Å². The molecule has 2 heterocycles. The standard InChI is InChI=1S/C34H20N2O6/c37-31-27-15-9-20(17-29(27)32(38)35-31)21-10-16-28-30(18-21)34(40)36(33(28)39)22-11-13-24(14-12-22)42-26-8-4-7-25(19-26)41-23-5-2-1-3-6-23/h1-19H,(H,35,37,38). The molecular formula is C34H20N2O6. The molecule has 7 rings (SSSR count). The van der Waals surface area contributed by atoms with Crippen molar-refractivity contribution in [1.82, 2.24) is 5.32 Å². The first kappa shape index (κ1) is 25.0. The number of hydrogen-bond acceptors (Lipinski definition) is 6. The largest absolute Gasteiger partial charge is 0.457 e. The van der Waals surface area contributed by atoms with E-state index in [1.807, 2.05) is 42.5 Å². The van der Waals surface area contributed by atoms with Gasteiger partial charge in [-0.15, -0.1) is 0 Å². The summed E-state index contributed by atoms with van der Waals surface area (Å²) in [6, 6.07) is 33.2. The number of carbonyl (C=O) groups excluding carboxylic acids is 4. The van der Waals surface area contributed by atoms with Crippen LogP contribution in [0.2, 0.25) is 0 Å². The highest BCUT2D eigenvalue weighted by molar-refractivity contribution is 6.34. The molecule has 2 aliphatic heterocycles. The van der Waals surface area contributed by atoms with Crippen LogP contribution in [-0.2, 0) is 0 Å². The molecule has 42 heavy (non-hydrogen) atoms. The number of benzene rings is 5. The number of imide groups is 2. The van der Waals surface area contributed by atoms with Crippen LogP contribution in [0.25, 0.3) is 11.1 Å². The normalized spacial score (nSPS) is 13.6. The molecule has 0 spiro atoms. The van der Waals surface area contributed by atoms with E-state index in [9.17, 15) is 19.2 Å². The van der Waals surface area contributed by atoms with E-state index in [1.165, 1.54) is 0 Å². The van der Waals surface area contributed by atoms with Crippen molar-refractivity contribution in [3.05, 3.63) is 138 Å².